The van der Waals surface area contributed by atoms with Gasteiger partial charge in [-0.1, -0.05) is 30.3 Å². The Morgan fingerprint density at radius 3 is 2.38 bits per heavy atom. The summed E-state index contributed by atoms with van der Waals surface area (Å²) >= 11 is 0. The van der Waals surface area contributed by atoms with Gasteiger partial charge in [-0.2, -0.15) is 13.2 Å². The van der Waals surface area contributed by atoms with Crippen LogP contribution in [0.25, 0.3) is 0 Å². The van der Waals surface area contributed by atoms with Crippen molar-refractivity contribution in [2.24, 2.45) is 0 Å². The van der Waals surface area contributed by atoms with E-state index in [-0.39, 0.29) is 6.04 Å². The molecule has 1 N–H and O–H groups in total. The fraction of sp³-hybridized carbons (Fsp3) is 0.533. The Kier molecular flexibility index (Phi) is 6.68. The molecule has 0 bridgehead atoms. The second-order valence-corrected chi connectivity index (χ2v) is 5.24. The standard InChI is InChI=1S/C15H21F3N2O/c1-20(2)11-9-13(12-6-4-3-5-7-12)19-14(21)8-10-15(16,17)18/h3-7,13H,8-11H2,1-2H3,(H,19,21)/t13-/m0/s1. The van der Waals surface area contributed by atoms with E-state index >= 15 is 0 Å². The number of amides is 1. The van der Waals surface area contributed by atoms with Gasteiger partial charge in [0, 0.05) is 6.42 Å². The maximum absolute atomic E-state index is 12.1. The molecule has 0 aliphatic carbocycles. The van der Waals surface area contributed by atoms with Crippen molar-refractivity contribution in [2.45, 2.75) is 31.5 Å². The summed E-state index contributed by atoms with van der Waals surface area (Å²) in [6.45, 7) is 0.735. The Bertz CT molecular complexity index is 432. The Morgan fingerprint density at radius 2 is 1.86 bits per heavy atom. The average molecular weight is 302 g/mol. The maximum atomic E-state index is 12.1. The summed E-state index contributed by atoms with van der Waals surface area (Å²) in [7, 11) is 3.82. The predicted octanol–water partition coefficient (Wildman–Crippen LogP) is 3.14. The molecule has 0 heterocycles. The van der Waals surface area contributed by atoms with Crippen molar-refractivity contribution in [3.63, 3.8) is 0 Å². The van der Waals surface area contributed by atoms with Gasteiger partial charge in [-0.25, -0.2) is 0 Å². The van der Waals surface area contributed by atoms with E-state index in [1.807, 2.05) is 49.3 Å². The monoisotopic (exact) mass is 302 g/mol. The van der Waals surface area contributed by atoms with E-state index in [2.05, 4.69) is 5.32 Å². The first-order valence-electron chi connectivity index (χ1n) is 6.84. The van der Waals surface area contributed by atoms with E-state index in [4.69, 9.17) is 0 Å². The van der Waals surface area contributed by atoms with Crippen molar-refractivity contribution < 1.29 is 18.0 Å². The van der Waals surface area contributed by atoms with Gasteiger partial charge in [0.25, 0.3) is 0 Å². The normalized spacial score (nSPS) is 13.2. The van der Waals surface area contributed by atoms with Crippen molar-refractivity contribution in [3.8, 4) is 0 Å². The number of halogens is 3. The van der Waals surface area contributed by atoms with E-state index in [1.54, 1.807) is 0 Å². The summed E-state index contributed by atoms with van der Waals surface area (Å²) in [5.74, 6) is -0.570. The van der Waals surface area contributed by atoms with Crippen LogP contribution in [0.3, 0.4) is 0 Å². The van der Waals surface area contributed by atoms with Gasteiger partial charge in [0.2, 0.25) is 5.91 Å². The molecule has 0 unspecified atom stereocenters. The smallest absolute Gasteiger partial charge is 0.349 e. The number of alkyl halides is 3. The Morgan fingerprint density at radius 1 is 1.24 bits per heavy atom. The number of hydrogen-bond donors (Lipinski definition) is 1. The van der Waals surface area contributed by atoms with Gasteiger partial charge >= 0.3 is 6.18 Å². The Labute approximate surface area is 123 Å². The molecule has 1 aromatic carbocycles. The van der Waals surface area contributed by atoms with Crippen LogP contribution >= 0.6 is 0 Å². The summed E-state index contributed by atoms with van der Waals surface area (Å²) in [4.78, 5) is 13.7. The molecule has 3 nitrogen and oxygen atoms in total. The summed E-state index contributed by atoms with van der Waals surface area (Å²) in [5, 5.41) is 2.70. The van der Waals surface area contributed by atoms with Crippen molar-refractivity contribution in [1.29, 1.82) is 0 Å². The topological polar surface area (TPSA) is 32.3 Å². The number of carbonyl (C=O) groups excluding carboxylic acids is 1. The second kappa shape index (κ2) is 8.02. The highest BCUT2D eigenvalue weighted by atomic mass is 19.4. The number of carbonyl (C=O) groups is 1. The first kappa shape index (κ1) is 17.5. The molecular formula is C15H21F3N2O. The molecule has 1 atom stereocenters. The minimum absolute atomic E-state index is 0.269. The summed E-state index contributed by atoms with van der Waals surface area (Å²) in [6.07, 6.45) is -5.28. The minimum Gasteiger partial charge on any atom is -0.349 e. The van der Waals surface area contributed by atoms with Crippen LogP contribution in [0.2, 0.25) is 0 Å². The van der Waals surface area contributed by atoms with Crippen LogP contribution < -0.4 is 5.32 Å². The first-order chi connectivity index (χ1) is 9.78. The van der Waals surface area contributed by atoms with Crippen LogP contribution in [0.4, 0.5) is 13.2 Å². The van der Waals surface area contributed by atoms with Gasteiger partial charge in [-0.3, -0.25) is 4.79 Å². The molecule has 0 aromatic heterocycles. The lowest BCUT2D eigenvalue weighted by atomic mass is 10.0. The van der Waals surface area contributed by atoms with Gasteiger partial charge in [0.15, 0.2) is 0 Å². The van der Waals surface area contributed by atoms with E-state index in [0.29, 0.717) is 6.42 Å². The summed E-state index contributed by atoms with van der Waals surface area (Å²) in [5.41, 5.74) is 0.903. The zero-order valence-electron chi connectivity index (χ0n) is 12.3. The third-order valence-electron chi connectivity index (χ3n) is 3.04. The molecule has 1 rings (SSSR count). The van der Waals surface area contributed by atoms with Crippen molar-refractivity contribution in [1.82, 2.24) is 10.2 Å². The zero-order valence-corrected chi connectivity index (χ0v) is 12.3. The molecule has 0 aliphatic heterocycles. The summed E-state index contributed by atoms with van der Waals surface area (Å²) in [6, 6.07) is 9.02. The average Bonchev–Trinajstić information content (AvgIpc) is 2.41. The van der Waals surface area contributed by atoms with Crippen LogP contribution in [0.1, 0.15) is 30.9 Å². The molecule has 0 saturated carbocycles. The number of nitrogens with one attached hydrogen (secondary N) is 1. The Balaban J connectivity index is 2.62. The van der Waals surface area contributed by atoms with Crippen LogP contribution in [-0.2, 0) is 4.79 Å². The highest BCUT2D eigenvalue weighted by molar-refractivity contribution is 5.76. The van der Waals surface area contributed by atoms with Gasteiger partial charge in [0.05, 0.1) is 12.5 Å². The molecule has 118 valence electrons. The molecule has 0 spiro atoms. The van der Waals surface area contributed by atoms with E-state index in [0.717, 1.165) is 12.1 Å². The largest absolute Gasteiger partial charge is 0.389 e. The number of rotatable bonds is 7. The SMILES string of the molecule is CN(C)CC[C@H](NC(=O)CCC(F)(F)F)c1ccccc1. The van der Waals surface area contributed by atoms with Crippen molar-refractivity contribution in [3.05, 3.63) is 35.9 Å². The van der Waals surface area contributed by atoms with Crippen LogP contribution in [0.5, 0.6) is 0 Å². The van der Waals surface area contributed by atoms with Crippen LogP contribution in [0.15, 0.2) is 30.3 Å². The maximum Gasteiger partial charge on any atom is 0.389 e. The number of hydrogen-bond acceptors (Lipinski definition) is 2. The molecule has 0 radical (unpaired) electrons. The molecule has 1 amide bonds. The van der Waals surface area contributed by atoms with Gasteiger partial charge in [0.1, 0.15) is 0 Å². The van der Waals surface area contributed by atoms with E-state index < -0.39 is 24.9 Å². The molecular weight excluding hydrogens is 281 g/mol. The summed E-state index contributed by atoms with van der Waals surface area (Å²) < 4.78 is 36.4. The molecule has 6 heteroatoms. The first-order valence-corrected chi connectivity index (χ1v) is 6.84. The van der Waals surface area contributed by atoms with Crippen molar-refractivity contribution >= 4 is 5.91 Å². The second-order valence-electron chi connectivity index (χ2n) is 5.24. The quantitative estimate of drug-likeness (QED) is 0.839. The lowest BCUT2D eigenvalue weighted by Gasteiger charge is -2.21. The molecule has 0 aliphatic rings. The van der Waals surface area contributed by atoms with Gasteiger partial charge in [-0.15, -0.1) is 0 Å². The highest BCUT2D eigenvalue weighted by Crippen LogP contribution is 2.22. The fourth-order valence-electron chi connectivity index (χ4n) is 1.92. The van der Waals surface area contributed by atoms with Gasteiger partial charge < -0.3 is 10.2 Å². The lowest BCUT2D eigenvalue weighted by molar-refractivity contribution is -0.144. The van der Waals surface area contributed by atoms with E-state index in [9.17, 15) is 18.0 Å². The molecule has 0 saturated heterocycles. The fourth-order valence-corrected chi connectivity index (χ4v) is 1.92. The molecule has 1 aromatic rings. The zero-order chi connectivity index (χ0) is 15.9. The van der Waals surface area contributed by atoms with Crippen molar-refractivity contribution in [2.75, 3.05) is 20.6 Å². The highest BCUT2D eigenvalue weighted by Gasteiger charge is 2.28. The molecule has 21 heavy (non-hydrogen) atoms. The lowest BCUT2D eigenvalue weighted by Crippen LogP contribution is -2.31. The van der Waals surface area contributed by atoms with Crippen LogP contribution in [-0.4, -0.2) is 37.6 Å². The third-order valence-corrected chi connectivity index (χ3v) is 3.04. The predicted molar refractivity (Wildman–Crippen MR) is 75.8 cm³/mol. The van der Waals surface area contributed by atoms with E-state index in [1.165, 1.54) is 0 Å². The minimum atomic E-state index is -4.30. The number of nitrogens with zero attached hydrogens (tertiary/aromatic N) is 1. The Hall–Kier alpha value is -1.56. The van der Waals surface area contributed by atoms with Gasteiger partial charge in [-0.05, 0) is 32.6 Å². The number of benzene rings is 1. The van der Waals surface area contributed by atoms with Crippen LogP contribution in [0, 0.1) is 0 Å². The third kappa shape index (κ3) is 7.70. The molecule has 0 fully saturated rings.